The average molecular weight is 495 g/mol. The van der Waals surface area contributed by atoms with E-state index in [4.69, 9.17) is 0 Å². The molecule has 0 spiro atoms. The van der Waals surface area contributed by atoms with Crippen LogP contribution in [0.25, 0.3) is 16.7 Å². The van der Waals surface area contributed by atoms with Gasteiger partial charge in [0.1, 0.15) is 17.7 Å². The molecule has 3 rings (SSSR count). The summed E-state index contributed by atoms with van der Waals surface area (Å²) in [5.74, 6) is 1.50. The molecule has 1 aliphatic carbocycles. The molecular formula is C24H22N4O4S2. The van der Waals surface area contributed by atoms with E-state index >= 15 is 0 Å². The van der Waals surface area contributed by atoms with Gasteiger partial charge < -0.3 is 0 Å². The summed E-state index contributed by atoms with van der Waals surface area (Å²) in [6.07, 6.45) is 3.77. The van der Waals surface area contributed by atoms with Crippen LogP contribution in [0.4, 0.5) is 11.4 Å². The second-order valence-electron chi connectivity index (χ2n) is 7.62. The minimum Gasteiger partial charge on any atom is -0.258 e. The highest BCUT2D eigenvalue weighted by atomic mass is 32.2. The SMILES string of the molecule is CCCCSc1cc2c(c([N+](=O)[O-])c1)-c1c(cc(SCCCC)cc1[N+](=O)[O-])C2=C(C#N)C#N. The van der Waals surface area contributed by atoms with Gasteiger partial charge in [0, 0.05) is 38.6 Å². The van der Waals surface area contributed by atoms with Crippen molar-refractivity contribution in [3.8, 4) is 23.3 Å². The van der Waals surface area contributed by atoms with E-state index in [1.807, 2.05) is 26.0 Å². The third-order valence-electron chi connectivity index (χ3n) is 5.37. The minimum atomic E-state index is -0.554. The van der Waals surface area contributed by atoms with Crippen LogP contribution in [0.3, 0.4) is 0 Å². The van der Waals surface area contributed by atoms with E-state index in [0.717, 1.165) is 37.2 Å². The molecule has 0 saturated carbocycles. The Bertz CT molecular complexity index is 1180. The molecule has 0 unspecified atom stereocenters. The lowest BCUT2D eigenvalue weighted by atomic mass is 9.99. The van der Waals surface area contributed by atoms with Gasteiger partial charge in [-0.25, -0.2) is 0 Å². The van der Waals surface area contributed by atoms with Crippen LogP contribution in [-0.4, -0.2) is 21.4 Å². The van der Waals surface area contributed by atoms with Gasteiger partial charge in [0.2, 0.25) is 0 Å². The van der Waals surface area contributed by atoms with Crippen molar-refractivity contribution in [3.05, 3.63) is 61.2 Å². The highest BCUT2D eigenvalue weighted by molar-refractivity contribution is 7.99. The maximum Gasteiger partial charge on any atom is 0.279 e. The smallest absolute Gasteiger partial charge is 0.258 e. The van der Waals surface area contributed by atoms with Crippen molar-refractivity contribution in [1.82, 2.24) is 0 Å². The summed E-state index contributed by atoms with van der Waals surface area (Å²) in [4.78, 5) is 24.3. The molecule has 0 atom stereocenters. The van der Waals surface area contributed by atoms with Crippen LogP contribution < -0.4 is 0 Å². The van der Waals surface area contributed by atoms with Crippen LogP contribution in [0.15, 0.2) is 39.6 Å². The molecule has 0 saturated heterocycles. The number of nitriles is 2. The number of benzene rings is 2. The fraction of sp³-hybridized carbons (Fsp3) is 0.333. The number of hydrogen-bond donors (Lipinski definition) is 0. The first-order valence-corrected chi connectivity index (χ1v) is 12.8. The first-order valence-electron chi connectivity index (χ1n) is 10.8. The molecule has 8 nitrogen and oxygen atoms in total. The van der Waals surface area contributed by atoms with Gasteiger partial charge in [-0.05, 0) is 36.5 Å². The van der Waals surface area contributed by atoms with Crippen molar-refractivity contribution >= 4 is 40.5 Å². The van der Waals surface area contributed by atoms with Gasteiger partial charge in [-0.1, -0.05) is 26.7 Å². The van der Waals surface area contributed by atoms with Gasteiger partial charge in [0.25, 0.3) is 11.4 Å². The van der Waals surface area contributed by atoms with E-state index in [9.17, 15) is 30.8 Å². The molecule has 0 N–H and O–H groups in total. The first-order chi connectivity index (χ1) is 16.4. The van der Waals surface area contributed by atoms with E-state index in [0.29, 0.717) is 20.9 Å². The molecule has 2 aromatic rings. The van der Waals surface area contributed by atoms with Crippen molar-refractivity contribution < 1.29 is 9.85 Å². The lowest BCUT2D eigenvalue weighted by Gasteiger charge is -2.08. The summed E-state index contributed by atoms with van der Waals surface area (Å²) >= 11 is 2.89. The zero-order valence-corrected chi connectivity index (χ0v) is 20.4. The fourth-order valence-corrected chi connectivity index (χ4v) is 5.93. The Morgan fingerprint density at radius 2 is 1.24 bits per heavy atom. The second kappa shape index (κ2) is 11.2. The van der Waals surface area contributed by atoms with Crippen molar-refractivity contribution in [3.63, 3.8) is 0 Å². The number of nitro groups is 2. The van der Waals surface area contributed by atoms with E-state index < -0.39 is 9.85 Å². The van der Waals surface area contributed by atoms with Crippen LogP contribution >= 0.6 is 23.5 Å². The maximum absolute atomic E-state index is 12.1. The average Bonchev–Trinajstić information content (AvgIpc) is 3.13. The fourth-order valence-electron chi connectivity index (χ4n) is 3.80. The van der Waals surface area contributed by atoms with Crippen LogP contribution in [0.2, 0.25) is 0 Å². The quantitative estimate of drug-likeness (QED) is 0.0956. The predicted octanol–water partition coefficient (Wildman–Crippen LogP) is 7.12. The molecule has 0 radical (unpaired) electrons. The molecule has 0 aliphatic heterocycles. The molecule has 34 heavy (non-hydrogen) atoms. The van der Waals surface area contributed by atoms with E-state index in [2.05, 4.69) is 0 Å². The summed E-state index contributed by atoms with van der Waals surface area (Å²) in [5.41, 5.74) is 0.284. The van der Waals surface area contributed by atoms with Crippen LogP contribution in [0, 0.1) is 42.9 Å². The summed E-state index contributed by atoms with van der Waals surface area (Å²) in [6.45, 7) is 4.09. The van der Waals surface area contributed by atoms with Crippen molar-refractivity contribution in [1.29, 1.82) is 10.5 Å². The Morgan fingerprint density at radius 3 is 1.56 bits per heavy atom. The van der Waals surface area contributed by atoms with E-state index in [1.54, 1.807) is 12.1 Å². The number of hydrogen-bond acceptors (Lipinski definition) is 8. The zero-order valence-electron chi connectivity index (χ0n) is 18.8. The zero-order chi connectivity index (χ0) is 24.8. The normalized spacial score (nSPS) is 11.4. The molecule has 0 heterocycles. The summed E-state index contributed by atoms with van der Waals surface area (Å²) in [7, 11) is 0. The maximum atomic E-state index is 12.1. The van der Waals surface area contributed by atoms with Gasteiger partial charge in [-0.15, -0.1) is 23.5 Å². The molecule has 0 fully saturated rings. The van der Waals surface area contributed by atoms with Gasteiger partial charge in [0.05, 0.1) is 21.0 Å². The van der Waals surface area contributed by atoms with Crippen LogP contribution in [-0.2, 0) is 0 Å². The Balaban J connectivity index is 2.37. The minimum absolute atomic E-state index is 0.0923. The molecule has 1 aliphatic rings. The standard InChI is InChI=1S/C24H22N4O4S2/c1-3-5-7-33-16-9-18-22(15(13-25)14-26)19-10-17(34-8-6-4-2)12-21(28(31)32)24(19)23(18)20(11-16)27(29)30/h9-12H,3-8H2,1-2H3. The third kappa shape index (κ3) is 4.93. The number of unbranched alkanes of at least 4 members (excludes halogenated alkanes) is 2. The van der Waals surface area contributed by atoms with Crippen molar-refractivity contribution in [2.45, 2.75) is 49.3 Å². The Kier molecular flexibility index (Phi) is 8.32. The molecular weight excluding hydrogens is 472 g/mol. The number of thioether (sulfide) groups is 2. The first kappa shape index (κ1) is 25.3. The van der Waals surface area contributed by atoms with Gasteiger partial charge in [0.15, 0.2) is 0 Å². The summed E-state index contributed by atoms with van der Waals surface area (Å²) in [6, 6.07) is 10.0. The molecule has 10 heteroatoms. The topological polar surface area (TPSA) is 134 Å². The molecule has 2 aromatic carbocycles. The van der Waals surface area contributed by atoms with Crippen molar-refractivity contribution in [2.24, 2.45) is 0 Å². The summed E-state index contributed by atoms with van der Waals surface area (Å²) in [5, 5.41) is 43.5. The number of fused-ring (bicyclic) bond motifs is 3. The predicted molar refractivity (Wildman–Crippen MR) is 134 cm³/mol. The Morgan fingerprint density at radius 1 is 0.824 bits per heavy atom. The number of allylic oxidation sites excluding steroid dienone is 1. The van der Waals surface area contributed by atoms with E-state index in [-0.39, 0.29) is 33.6 Å². The molecule has 174 valence electrons. The largest absolute Gasteiger partial charge is 0.279 e. The number of nitro benzene ring substituents is 2. The van der Waals surface area contributed by atoms with Gasteiger partial charge in [-0.3, -0.25) is 20.2 Å². The molecule has 0 aromatic heterocycles. The monoisotopic (exact) mass is 494 g/mol. The highest BCUT2D eigenvalue weighted by Crippen LogP contribution is 2.55. The Labute approximate surface area is 206 Å². The lowest BCUT2D eigenvalue weighted by Crippen LogP contribution is -1.97. The molecule has 0 bridgehead atoms. The molecule has 0 amide bonds. The lowest BCUT2D eigenvalue weighted by molar-refractivity contribution is -0.386. The highest BCUT2D eigenvalue weighted by Gasteiger charge is 2.39. The Hall–Kier alpha value is -3.34. The number of nitrogens with zero attached hydrogens (tertiary/aromatic N) is 4. The van der Waals surface area contributed by atoms with Gasteiger partial charge >= 0.3 is 0 Å². The number of rotatable bonds is 10. The van der Waals surface area contributed by atoms with Crippen molar-refractivity contribution in [2.75, 3.05) is 11.5 Å². The van der Waals surface area contributed by atoms with E-state index in [1.165, 1.54) is 35.7 Å². The van der Waals surface area contributed by atoms with Crippen LogP contribution in [0.5, 0.6) is 0 Å². The third-order valence-corrected chi connectivity index (χ3v) is 7.49. The second-order valence-corrected chi connectivity index (χ2v) is 9.96. The summed E-state index contributed by atoms with van der Waals surface area (Å²) < 4.78 is 0. The van der Waals surface area contributed by atoms with Crippen LogP contribution in [0.1, 0.15) is 50.7 Å². The van der Waals surface area contributed by atoms with Gasteiger partial charge in [-0.2, -0.15) is 10.5 Å².